The summed E-state index contributed by atoms with van der Waals surface area (Å²) in [4.78, 5) is 4.32. The number of pyridine rings is 1. The van der Waals surface area contributed by atoms with Crippen LogP contribution in [-0.2, 0) is 4.74 Å². The van der Waals surface area contributed by atoms with Gasteiger partial charge in [0.25, 0.3) is 0 Å². The number of nitrogens with one attached hydrogen (secondary N) is 1. The first-order valence-corrected chi connectivity index (χ1v) is 5.95. The molecule has 1 aromatic heterocycles. The molecule has 82 valence electrons. The molecule has 0 amide bonds. The van der Waals surface area contributed by atoms with E-state index >= 15 is 0 Å². The maximum absolute atomic E-state index is 5.36. The monoisotopic (exact) mass is 270 g/mol. The Balaban J connectivity index is 2.10. The van der Waals surface area contributed by atoms with Crippen LogP contribution in [0.25, 0.3) is 0 Å². The average Bonchev–Trinajstić information content (AvgIpc) is 2.22. The van der Waals surface area contributed by atoms with Gasteiger partial charge in [-0.3, -0.25) is 0 Å². The predicted octanol–water partition coefficient (Wildman–Crippen LogP) is 2.83. The molecule has 0 atom stereocenters. The molecule has 0 bridgehead atoms. The highest BCUT2D eigenvalue weighted by Gasteiger charge is 2.27. The summed E-state index contributed by atoms with van der Waals surface area (Å²) in [7, 11) is 0. The minimum atomic E-state index is 0.106. The van der Waals surface area contributed by atoms with Crippen LogP contribution < -0.4 is 5.32 Å². The number of halogens is 1. The van der Waals surface area contributed by atoms with E-state index in [9.17, 15) is 0 Å². The molecule has 4 heteroatoms. The molecule has 0 radical (unpaired) electrons. The zero-order valence-corrected chi connectivity index (χ0v) is 10.4. The van der Waals surface area contributed by atoms with Crippen molar-refractivity contribution >= 4 is 21.7 Å². The van der Waals surface area contributed by atoms with E-state index in [0.717, 1.165) is 36.3 Å². The molecular weight excluding hydrogens is 256 g/mol. The van der Waals surface area contributed by atoms with E-state index in [-0.39, 0.29) is 5.54 Å². The Bertz CT molecular complexity index is 337. The summed E-state index contributed by atoms with van der Waals surface area (Å²) in [5.74, 6) is 0.918. The van der Waals surface area contributed by atoms with Gasteiger partial charge in [0.2, 0.25) is 0 Å². The zero-order valence-electron chi connectivity index (χ0n) is 8.79. The van der Waals surface area contributed by atoms with Crippen molar-refractivity contribution in [2.75, 3.05) is 18.5 Å². The van der Waals surface area contributed by atoms with Crippen LogP contribution >= 0.6 is 15.9 Å². The van der Waals surface area contributed by atoms with Crippen LogP contribution in [0, 0.1) is 0 Å². The predicted molar refractivity (Wildman–Crippen MR) is 64.0 cm³/mol. The Hall–Kier alpha value is -0.610. The zero-order chi connectivity index (χ0) is 10.7. The van der Waals surface area contributed by atoms with Gasteiger partial charge in [-0.05, 0) is 47.8 Å². The largest absolute Gasteiger partial charge is 0.381 e. The average molecular weight is 271 g/mol. The van der Waals surface area contributed by atoms with E-state index in [0.29, 0.717) is 0 Å². The van der Waals surface area contributed by atoms with Gasteiger partial charge in [0, 0.05) is 24.9 Å². The summed E-state index contributed by atoms with van der Waals surface area (Å²) in [6.45, 7) is 3.87. The fourth-order valence-electron chi connectivity index (χ4n) is 1.71. The van der Waals surface area contributed by atoms with Gasteiger partial charge in [-0.2, -0.15) is 0 Å². The fourth-order valence-corrected chi connectivity index (χ4v) is 2.06. The summed E-state index contributed by atoms with van der Waals surface area (Å²) < 4.78 is 6.37. The molecule has 1 N–H and O–H groups in total. The third kappa shape index (κ3) is 2.69. The number of hydrogen-bond donors (Lipinski definition) is 1. The van der Waals surface area contributed by atoms with Crippen molar-refractivity contribution in [3.63, 3.8) is 0 Å². The van der Waals surface area contributed by atoms with E-state index in [1.54, 1.807) is 6.20 Å². The quantitative estimate of drug-likeness (QED) is 0.898. The Morgan fingerprint density at radius 2 is 2.20 bits per heavy atom. The fraction of sp³-hybridized carbons (Fsp3) is 0.545. The maximum Gasteiger partial charge on any atom is 0.140 e. The third-order valence-corrected chi connectivity index (χ3v) is 3.41. The van der Waals surface area contributed by atoms with Crippen molar-refractivity contribution in [2.45, 2.75) is 25.3 Å². The van der Waals surface area contributed by atoms with Gasteiger partial charge in [-0.1, -0.05) is 0 Å². The van der Waals surface area contributed by atoms with Crippen LogP contribution in [0.1, 0.15) is 19.8 Å². The van der Waals surface area contributed by atoms with Crippen molar-refractivity contribution in [1.82, 2.24) is 4.98 Å². The molecule has 1 saturated heterocycles. The molecule has 15 heavy (non-hydrogen) atoms. The van der Waals surface area contributed by atoms with Gasteiger partial charge in [-0.25, -0.2) is 4.98 Å². The lowest BCUT2D eigenvalue weighted by molar-refractivity contribution is 0.0657. The third-order valence-electron chi connectivity index (χ3n) is 2.78. The lowest BCUT2D eigenvalue weighted by Crippen LogP contribution is -2.40. The molecule has 2 rings (SSSR count). The van der Waals surface area contributed by atoms with Crippen LogP contribution in [0.3, 0.4) is 0 Å². The van der Waals surface area contributed by atoms with Crippen LogP contribution in [-0.4, -0.2) is 23.7 Å². The Morgan fingerprint density at radius 3 is 2.87 bits per heavy atom. The van der Waals surface area contributed by atoms with Crippen molar-refractivity contribution in [3.05, 3.63) is 22.8 Å². The van der Waals surface area contributed by atoms with E-state index in [1.807, 2.05) is 12.1 Å². The second-order valence-corrected chi connectivity index (χ2v) is 4.99. The highest BCUT2D eigenvalue weighted by molar-refractivity contribution is 9.10. The normalized spacial score (nSPS) is 19.9. The second-order valence-electron chi connectivity index (χ2n) is 4.13. The highest BCUT2D eigenvalue weighted by Crippen LogP contribution is 2.28. The SMILES string of the molecule is CC1(Nc2ncccc2Br)CCOCC1. The van der Waals surface area contributed by atoms with Crippen molar-refractivity contribution in [3.8, 4) is 0 Å². The summed E-state index contributed by atoms with van der Waals surface area (Å²) in [6.07, 6.45) is 3.85. The first-order valence-electron chi connectivity index (χ1n) is 5.16. The van der Waals surface area contributed by atoms with Crippen LogP contribution in [0.4, 0.5) is 5.82 Å². The van der Waals surface area contributed by atoms with Gasteiger partial charge in [-0.15, -0.1) is 0 Å². The Morgan fingerprint density at radius 1 is 1.47 bits per heavy atom. The molecule has 1 aromatic rings. The number of aromatic nitrogens is 1. The summed E-state index contributed by atoms with van der Waals surface area (Å²) >= 11 is 3.49. The molecule has 2 heterocycles. The number of nitrogens with zero attached hydrogens (tertiary/aromatic N) is 1. The standard InChI is InChI=1S/C11H15BrN2O/c1-11(4-7-15-8-5-11)14-10-9(12)3-2-6-13-10/h2-3,6H,4-5,7-8H2,1H3,(H,13,14). The molecule has 0 aromatic carbocycles. The maximum atomic E-state index is 5.36. The Labute approximate surface area is 98.4 Å². The molecule has 3 nitrogen and oxygen atoms in total. The van der Waals surface area contributed by atoms with Gasteiger partial charge in [0.15, 0.2) is 0 Å². The topological polar surface area (TPSA) is 34.2 Å². The van der Waals surface area contributed by atoms with E-state index in [4.69, 9.17) is 4.74 Å². The minimum absolute atomic E-state index is 0.106. The molecule has 1 aliphatic rings. The molecule has 0 spiro atoms. The molecule has 0 aliphatic carbocycles. The highest BCUT2D eigenvalue weighted by atomic mass is 79.9. The number of rotatable bonds is 2. The van der Waals surface area contributed by atoms with Crippen LogP contribution in [0.15, 0.2) is 22.8 Å². The van der Waals surface area contributed by atoms with Crippen molar-refractivity contribution < 1.29 is 4.74 Å². The summed E-state index contributed by atoms with van der Waals surface area (Å²) in [6, 6.07) is 3.92. The second kappa shape index (κ2) is 4.49. The van der Waals surface area contributed by atoms with Crippen molar-refractivity contribution in [2.24, 2.45) is 0 Å². The smallest absolute Gasteiger partial charge is 0.140 e. The minimum Gasteiger partial charge on any atom is -0.381 e. The van der Waals surface area contributed by atoms with Gasteiger partial charge < -0.3 is 10.1 Å². The first kappa shape index (κ1) is 10.9. The van der Waals surface area contributed by atoms with Gasteiger partial charge in [0.05, 0.1) is 4.47 Å². The van der Waals surface area contributed by atoms with E-state index in [1.165, 1.54) is 0 Å². The summed E-state index contributed by atoms with van der Waals surface area (Å²) in [5, 5.41) is 3.49. The number of anilines is 1. The Kier molecular flexibility index (Phi) is 3.26. The summed E-state index contributed by atoms with van der Waals surface area (Å²) in [5.41, 5.74) is 0.106. The van der Waals surface area contributed by atoms with Crippen LogP contribution in [0.2, 0.25) is 0 Å². The first-order chi connectivity index (χ1) is 7.20. The van der Waals surface area contributed by atoms with Gasteiger partial charge >= 0.3 is 0 Å². The van der Waals surface area contributed by atoms with Crippen molar-refractivity contribution in [1.29, 1.82) is 0 Å². The van der Waals surface area contributed by atoms with Gasteiger partial charge in [0.1, 0.15) is 5.82 Å². The number of hydrogen-bond acceptors (Lipinski definition) is 3. The molecular formula is C11H15BrN2O. The van der Waals surface area contributed by atoms with E-state index in [2.05, 4.69) is 33.2 Å². The molecule has 0 unspecified atom stereocenters. The molecule has 1 aliphatic heterocycles. The number of ether oxygens (including phenoxy) is 1. The van der Waals surface area contributed by atoms with E-state index < -0.39 is 0 Å². The van der Waals surface area contributed by atoms with Crippen LogP contribution in [0.5, 0.6) is 0 Å². The molecule has 1 fully saturated rings. The lowest BCUT2D eigenvalue weighted by atomic mass is 9.92. The lowest BCUT2D eigenvalue weighted by Gasteiger charge is -2.35. The molecule has 0 saturated carbocycles.